The highest BCUT2D eigenvalue weighted by atomic mass is 19.1. The number of halogens is 2. The van der Waals surface area contributed by atoms with E-state index in [4.69, 9.17) is 5.73 Å². The van der Waals surface area contributed by atoms with Crippen molar-refractivity contribution in [1.29, 1.82) is 0 Å². The maximum absolute atomic E-state index is 13.8. The molecule has 5 N–H and O–H groups in total. The molecule has 3 aromatic rings. The summed E-state index contributed by atoms with van der Waals surface area (Å²) < 4.78 is 27.2. The second-order valence-electron chi connectivity index (χ2n) is 5.98. The highest BCUT2D eigenvalue weighted by Crippen LogP contribution is 2.19. The third-order valence-corrected chi connectivity index (χ3v) is 4.04. The molecule has 0 unspecified atom stereocenters. The number of H-pyrrole nitrogens is 1. The second kappa shape index (κ2) is 7.89. The Labute approximate surface area is 161 Å². The van der Waals surface area contributed by atoms with Gasteiger partial charge in [-0.2, -0.15) is 0 Å². The summed E-state index contributed by atoms with van der Waals surface area (Å²) in [6, 6.07) is 7.74. The number of primary amides is 1. The van der Waals surface area contributed by atoms with Crippen LogP contribution in [0.4, 0.5) is 14.5 Å². The smallest absolute Gasteiger partial charge is 0.257 e. The third-order valence-electron chi connectivity index (χ3n) is 4.04. The van der Waals surface area contributed by atoms with Gasteiger partial charge in [-0.15, -0.1) is 0 Å². The number of aromatic amines is 1. The fraction of sp³-hybridized carbons (Fsp3) is 0.0526. The number of benzene rings is 2. The number of anilines is 1. The summed E-state index contributed by atoms with van der Waals surface area (Å²) in [7, 11) is 0. The molecule has 0 fully saturated rings. The van der Waals surface area contributed by atoms with Crippen LogP contribution in [0.3, 0.4) is 0 Å². The van der Waals surface area contributed by atoms with E-state index in [2.05, 4.69) is 15.6 Å². The first-order chi connectivity index (χ1) is 13.8. The van der Waals surface area contributed by atoms with Crippen molar-refractivity contribution in [2.75, 3.05) is 11.9 Å². The van der Waals surface area contributed by atoms with Gasteiger partial charge in [0.2, 0.25) is 11.3 Å². The maximum atomic E-state index is 13.8. The Balaban J connectivity index is 1.71. The van der Waals surface area contributed by atoms with E-state index >= 15 is 0 Å². The van der Waals surface area contributed by atoms with E-state index in [9.17, 15) is 28.0 Å². The molecule has 3 amide bonds. The number of amides is 3. The molecule has 3 rings (SSSR count). The van der Waals surface area contributed by atoms with Crippen molar-refractivity contribution < 1.29 is 23.2 Å². The quantitative estimate of drug-likeness (QED) is 0.513. The number of hydrogen-bond acceptors (Lipinski definition) is 4. The van der Waals surface area contributed by atoms with Crippen LogP contribution in [0.1, 0.15) is 20.7 Å². The first-order valence-corrected chi connectivity index (χ1v) is 8.25. The highest BCUT2D eigenvalue weighted by molar-refractivity contribution is 6.01. The number of pyridine rings is 1. The number of rotatable bonds is 5. The Hall–Kier alpha value is -4.08. The monoisotopic (exact) mass is 400 g/mol. The summed E-state index contributed by atoms with van der Waals surface area (Å²) in [5, 5.41) is 4.63. The van der Waals surface area contributed by atoms with Crippen LogP contribution in [-0.2, 0) is 4.79 Å². The third kappa shape index (κ3) is 4.10. The molecule has 0 bridgehead atoms. The van der Waals surface area contributed by atoms with Crippen LogP contribution in [0.15, 0.2) is 47.4 Å². The van der Waals surface area contributed by atoms with E-state index in [0.29, 0.717) is 17.0 Å². The van der Waals surface area contributed by atoms with E-state index in [1.807, 2.05) is 0 Å². The predicted molar refractivity (Wildman–Crippen MR) is 100 cm³/mol. The first-order valence-electron chi connectivity index (χ1n) is 8.25. The van der Waals surface area contributed by atoms with Gasteiger partial charge in [0, 0.05) is 23.2 Å². The number of nitrogens with two attached hydrogens (primary N) is 1. The van der Waals surface area contributed by atoms with Gasteiger partial charge in [-0.1, -0.05) is 12.1 Å². The van der Waals surface area contributed by atoms with Crippen LogP contribution in [0.5, 0.6) is 0 Å². The summed E-state index contributed by atoms with van der Waals surface area (Å²) in [6.07, 6.45) is 1.22. The summed E-state index contributed by atoms with van der Waals surface area (Å²) in [4.78, 5) is 50.5. The van der Waals surface area contributed by atoms with Gasteiger partial charge in [-0.3, -0.25) is 19.2 Å². The largest absolute Gasteiger partial charge is 0.366 e. The topological polar surface area (TPSA) is 134 Å². The Morgan fingerprint density at radius 1 is 1.03 bits per heavy atom. The molecule has 1 aromatic heterocycles. The zero-order valence-corrected chi connectivity index (χ0v) is 14.7. The molecule has 0 aliphatic rings. The zero-order chi connectivity index (χ0) is 21.1. The van der Waals surface area contributed by atoms with Crippen molar-refractivity contribution in [2.45, 2.75) is 0 Å². The fourth-order valence-corrected chi connectivity index (χ4v) is 2.62. The maximum Gasteiger partial charge on any atom is 0.257 e. The average Bonchev–Trinajstić information content (AvgIpc) is 2.68. The summed E-state index contributed by atoms with van der Waals surface area (Å²) in [5.41, 5.74) is 3.71. The number of fused-ring (bicyclic) bond motifs is 1. The van der Waals surface area contributed by atoms with Crippen molar-refractivity contribution in [3.05, 3.63) is 75.6 Å². The predicted octanol–water partition coefficient (Wildman–Crippen LogP) is 1.27. The SMILES string of the molecule is NC(=O)c1cc(NC(=O)CNC(=O)c2c[nH]c3ccccc3c2=O)c(F)cc1F. The van der Waals surface area contributed by atoms with Crippen molar-refractivity contribution >= 4 is 34.3 Å². The van der Waals surface area contributed by atoms with Crippen molar-refractivity contribution in [3.63, 3.8) is 0 Å². The molecule has 0 saturated heterocycles. The molecule has 0 aliphatic carbocycles. The molecular weight excluding hydrogens is 386 g/mol. The molecular formula is C19H14F2N4O4. The first kappa shape index (κ1) is 19.7. The lowest BCUT2D eigenvalue weighted by Crippen LogP contribution is -2.35. The molecule has 0 aliphatic heterocycles. The lowest BCUT2D eigenvalue weighted by Gasteiger charge is -2.09. The summed E-state index contributed by atoms with van der Waals surface area (Å²) >= 11 is 0. The fourth-order valence-electron chi connectivity index (χ4n) is 2.62. The molecule has 10 heteroatoms. The van der Waals surface area contributed by atoms with Gasteiger partial charge >= 0.3 is 0 Å². The van der Waals surface area contributed by atoms with Gasteiger partial charge in [0.15, 0.2) is 0 Å². The minimum atomic E-state index is -1.17. The Bertz CT molecular complexity index is 1210. The lowest BCUT2D eigenvalue weighted by molar-refractivity contribution is -0.115. The normalized spacial score (nSPS) is 10.6. The van der Waals surface area contributed by atoms with E-state index in [0.717, 1.165) is 6.07 Å². The van der Waals surface area contributed by atoms with Crippen LogP contribution >= 0.6 is 0 Å². The molecule has 0 atom stereocenters. The molecule has 8 nitrogen and oxygen atoms in total. The number of nitrogens with one attached hydrogen (secondary N) is 3. The number of para-hydroxylation sites is 1. The molecule has 0 radical (unpaired) electrons. The lowest BCUT2D eigenvalue weighted by atomic mass is 10.1. The van der Waals surface area contributed by atoms with Crippen LogP contribution in [0.2, 0.25) is 0 Å². The Kier molecular flexibility index (Phi) is 5.35. The van der Waals surface area contributed by atoms with Crippen molar-refractivity contribution in [1.82, 2.24) is 10.3 Å². The van der Waals surface area contributed by atoms with Gasteiger partial charge in [0.1, 0.15) is 17.2 Å². The van der Waals surface area contributed by atoms with Crippen LogP contribution in [-0.4, -0.2) is 29.3 Å². The van der Waals surface area contributed by atoms with E-state index < -0.39 is 52.6 Å². The molecule has 29 heavy (non-hydrogen) atoms. The minimum Gasteiger partial charge on any atom is -0.366 e. The van der Waals surface area contributed by atoms with Gasteiger partial charge in [-0.25, -0.2) is 8.78 Å². The van der Waals surface area contributed by atoms with Gasteiger partial charge in [0.25, 0.3) is 11.8 Å². The van der Waals surface area contributed by atoms with Gasteiger partial charge in [0.05, 0.1) is 17.8 Å². The molecule has 0 spiro atoms. The molecule has 148 valence electrons. The van der Waals surface area contributed by atoms with Crippen LogP contribution < -0.4 is 21.8 Å². The summed E-state index contributed by atoms with van der Waals surface area (Å²) in [6.45, 7) is -0.603. The van der Waals surface area contributed by atoms with E-state index in [1.54, 1.807) is 24.3 Å². The number of carbonyl (C=O) groups excluding carboxylic acids is 3. The number of hydrogen-bond donors (Lipinski definition) is 4. The second-order valence-corrected chi connectivity index (χ2v) is 5.98. The highest BCUT2D eigenvalue weighted by Gasteiger charge is 2.17. The summed E-state index contributed by atoms with van der Waals surface area (Å²) in [5.74, 6) is -5.11. The van der Waals surface area contributed by atoms with Crippen molar-refractivity contribution in [3.8, 4) is 0 Å². The van der Waals surface area contributed by atoms with Crippen molar-refractivity contribution in [2.24, 2.45) is 5.73 Å². The standard InChI is InChI=1S/C19H14F2N4O4/c20-12-6-13(21)15(5-10(12)18(22)28)25-16(26)8-24-19(29)11-7-23-14-4-2-1-3-9(14)17(11)27/h1-7H,8H2,(H2,22,28)(H,23,27)(H,24,29)(H,25,26). The molecule has 0 saturated carbocycles. The van der Waals surface area contributed by atoms with Gasteiger partial charge in [-0.05, 0) is 18.2 Å². The number of carbonyl (C=O) groups is 3. The Morgan fingerprint density at radius 3 is 2.48 bits per heavy atom. The molecule has 2 aromatic carbocycles. The minimum absolute atomic E-state index is 0.208. The van der Waals surface area contributed by atoms with Crippen LogP contribution in [0, 0.1) is 11.6 Å². The van der Waals surface area contributed by atoms with Gasteiger partial charge < -0.3 is 21.4 Å². The van der Waals surface area contributed by atoms with E-state index in [-0.39, 0.29) is 5.56 Å². The molecule has 1 heterocycles. The van der Waals surface area contributed by atoms with Crippen LogP contribution in [0.25, 0.3) is 10.9 Å². The zero-order valence-electron chi connectivity index (χ0n) is 14.7. The Morgan fingerprint density at radius 2 is 1.76 bits per heavy atom. The van der Waals surface area contributed by atoms with E-state index in [1.165, 1.54) is 6.20 Å². The number of aromatic nitrogens is 1. The average molecular weight is 400 g/mol.